The largest absolute Gasteiger partial charge is 0.348 e. The molecule has 1 aliphatic heterocycles. The van der Waals surface area contributed by atoms with Gasteiger partial charge in [0.25, 0.3) is 0 Å². The second-order valence-corrected chi connectivity index (χ2v) is 9.15. The Labute approximate surface area is 170 Å². The molecule has 0 fully saturated rings. The molecule has 0 saturated heterocycles. The zero-order valence-electron chi connectivity index (χ0n) is 16.4. The minimum Gasteiger partial charge on any atom is -0.348 e. The van der Waals surface area contributed by atoms with Gasteiger partial charge in [0.2, 0.25) is 15.9 Å². The third-order valence-electron chi connectivity index (χ3n) is 5.17. The average molecular weight is 410 g/mol. The molecule has 6 nitrogen and oxygen atoms in total. The number of hydrogen-bond donors (Lipinski definition) is 1. The number of aromatic nitrogens is 1. The van der Waals surface area contributed by atoms with Gasteiger partial charge in [-0.2, -0.15) is 4.31 Å². The molecular weight excluding hydrogens is 386 g/mol. The number of nitrogens with zero attached hydrogens (tertiary/aromatic N) is 2. The fourth-order valence-corrected chi connectivity index (χ4v) is 5.34. The monoisotopic (exact) mass is 409 g/mol. The van der Waals surface area contributed by atoms with Crippen molar-refractivity contribution in [2.75, 3.05) is 11.9 Å². The smallest absolute Gasteiger partial charge is 0.244 e. The van der Waals surface area contributed by atoms with E-state index in [9.17, 15) is 13.2 Å². The summed E-state index contributed by atoms with van der Waals surface area (Å²) >= 11 is 0. The molecule has 2 heterocycles. The molecule has 2 aromatic carbocycles. The number of aryl methyl sites for hydroxylation is 1. The van der Waals surface area contributed by atoms with Crippen LogP contribution in [0.25, 0.3) is 0 Å². The van der Waals surface area contributed by atoms with E-state index in [1.54, 1.807) is 28.6 Å². The molecule has 150 valence electrons. The normalized spacial score (nSPS) is 17.0. The maximum atomic E-state index is 13.5. The molecule has 0 spiro atoms. The second-order valence-electron chi connectivity index (χ2n) is 7.26. The van der Waals surface area contributed by atoms with Crippen molar-refractivity contribution >= 4 is 21.6 Å². The van der Waals surface area contributed by atoms with E-state index in [-0.39, 0.29) is 16.8 Å². The van der Waals surface area contributed by atoms with Crippen molar-refractivity contribution in [1.29, 1.82) is 0 Å². The van der Waals surface area contributed by atoms with Gasteiger partial charge in [-0.15, -0.1) is 0 Å². The average Bonchev–Trinajstić information content (AvgIpc) is 3.17. The van der Waals surface area contributed by atoms with Gasteiger partial charge in [-0.1, -0.05) is 29.8 Å². The van der Waals surface area contributed by atoms with Crippen LogP contribution in [-0.4, -0.2) is 29.7 Å². The highest BCUT2D eigenvalue weighted by molar-refractivity contribution is 7.89. The first kappa shape index (κ1) is 19.4. The van der Waals surface area contributed by atoms with E-state index in [0.29, 0.717) is 18.8 Å². The highest BCUT2D eigenvalue weighted by atomic mass is 32.2. The summed E-state index contributed by atoms with van der Waals surface area (Å²) in [6.07, 6.45) is 1.99. The Morgan fingerprint density at radius 1 is 1.00 bits per heavy atom. The Balaban J connectivity index is 1.75. The molecule has 1 atom stereocenters. The number of nitrogens with one attached hydrogen (secondary N) is 1. The standard InChI is InChI=1S/C22H23N3O3S/c1-16-5-7-18(8-6-16)22-21-4-3-13-24(21)14-15-25(22)29(27,28)20-11-9-19(10-12-20)23-17(2)26/h3-13,22H,14-15H2,1-2H3,(H,23,26)/t22-/m0/s1. The molecule has 0 unspecified atom stereocenters. The summed E-state index contributed by atoms with van der Waals surface area (Å²) in [6.45, 7) is 4.42. The summed E-state index contributed by atoms with van der Waals surface area (Å²) in [5, 5.41) is 2.66. The van der Waals surface area contributed by atoms with Crippen LogP contribution >= 0.6 is 0 Å². The van der Waals surface area contributed by atoms with Crippen LogP contribution < -0.4 is 5.32 Å². The van der Waals surface area contributed by atoms with Gasteiger partial charge in [-0.05, 0) is 48.9 Å². The van der Waals surface area contributed by atoms with Gasteiger partial charge in [0, 0.05) is 37.6 Å². The predicted molar refractivity (Wildman–Crippen MR) is 112 cm³/mol. The van der Waals surface area contributed by atoms with Crippen molar-refractivity contribution in [3.05, 3.63) is 83.7 Å². The summed E-state index contributed by atoms with van der Waals surface area (Å²) in [5.74, 6) is -0.197. The van der Waals surface area contributed by atoms with Gasteiger partial charge in [0.05, 0.1) is 10.9 Å². The first-order chi connectivity index (χ1) is 13.9. The maximum Gasteiger partial charge on any atom is 0.244 e. The van der Waals surface area contributed by atoms with Gasteiger partial charge >= 0.3 is 0 Å². The third kappa shape index (κ3) is 3.71. The molecule has 0 saturated carbocycles. The molecule has 1 aromatic heterocycles. The number of carbonyl (C=O) groups excluding carboxylic acids is 1. The number of sulfonamides is 1. The molecule has 0 radical (unpaired) electrons. The quantitative estimate of drug-likeness (QED) is 0.716. The summed E-state index contributed by atoms with van der Waals surface area (Å²) in [6, 6.07) is 17.8. The molecule has 7 heteroatoms. The Bertz CT molecular complexity index is 1130. The van der Waals surface area contributed by atoms with Crippen molar-refractivity contribution in [2.45, 2.75) is 31.3 Å². The zero-order chi connectivity index (χ0) is 20.6. The lowest BCUT2D eigenvalue weighted by atomic mass is 10.0. The number of benzene rings is 2. The molecule has 0 aliphatic carbocycles. The number of rotatable bonds is 4. The lowest BCUT2D eigenvalue weighted by Gasteiger charge is -2.36. The van der Waals surface area contributed by atoms with Crippen molar-refractivity contribution in [3.63, 3.8) is 0 Å². The summed E-state index contributed by atoms with van der Waals surface area (Å²) < 4.78 is 30.7. The van der Waals surface area contributed by atoms with Crippen molar-refractivity contribution in [1.82, 2.24) is 8.87 Å². The van der Waals surface area contributed by atoms with Crippen molar-refractivity contribution in [2.24, 2.45) is 0 Å². The van der Waals surface area contributed by atoms with Crippen LogP contribution in [0, 0.1) is 6.92 Å². The zero-order valence-corrected chi connectivity index (χ0v) is 17.2. The van der Waals surface area contributed by atoms with Crippen LogP contribution in [0.3, 0.4) is 0 Å². The Kier molecular flexibility index (Phi) is 5.02. The van der Waals surface area contributed by atoms with E-state index < -0.39 is 10.0 Å². The van der Waals surface area contributed by atoms with Crippen LogP contribution in [0.2, 0.25) is 0 Å². The van der Waals surface area contributed by atoms with Crippen LogP contribution in [0.4, 0.5) is 5.69 Å². The fraction of sp³-hybridized carbons (Fsp3) is 0.227. The van der Waals surface area contributed by atoms with Gasteiger partial charge < -0.3 is 9.88 Å². The van der Waals surface area contributed by atoms with Gasteiger partial charge in [-0.3, -0.25) is 4.79 Å². The first-order valence-corrected chi connectivity index (χ1v) is 10.9. The van der Waals surface area contributed by atoms with E-state index in [0.717, 1.165) is 16.8 Å². The number of hydrogen-bond acceptors (Lipinski definition) is 3. The molecule has 4 rings (SSSR count). The van der Waals surface area contributed by atoms with Gasteiger partial charge in [-0.25, -0.2) is 8.42 Å². The van der Waals surface area contributed by atoms with E-state index in [1.807, 2.05) is 49.5 Å². The molecule has 1 amide bonds. The van der Waals surface area contributed by atoms with Crippen LogP contribution in [0.5, 0.6) is 0 Å². The van der Waals surface area contributed by atoms with Crippen LogP contribution in [0.1, 0.15) is 29.8 Å². The molecule has 1 aliphatic rings. The summed E-state index contributed by atoms with van der Waals surface area (Å²) in [7, 11) is -3.73. The van der Waals surface area contributed by atoms with Gasteiger partial charge in [0.1, 0.15) is 0 Å². The minimum atomic E-state index is -3.73. The second kappa shape index (κ2) is 7.50. The molecule has 3 aromatic rings. The lowest BCUT2D eigenvalue weighted by molar-refractivity contribution is -0.114. The lowest BCUT2D eigenvalue weighted by Crippen LogP contribution is -2.42. The van der Waals surface area contributed by atoms with Crippen LogP contribution in [0.15, 0.2) is 71.8 Å². The summed E-state index contributed by atoms with van der Waals surface area (Å²) in [4.78, 5) is 11.4. The topological polar surface area (TPSA) is 71.4 Å². The predicted octanol–water partition coefficient (Wildman–Crippen LogP) is 3.55. The Morgan fingerprint density at radius 3 is 2.34 bits per heavy atom. The maximum absolute atomic E-state index is 13.5. The molecule has 1 N–H and O–H groups in total. The van der Waals surface area contributed by atoms with Crippen molar-refractivity contribution in [3.8, 4) is 0 Å². The highest BCUT2D eigenvalue weighted by Gasteiger charge is 2.37. The fourth-order valence-electron chi connectivity index (χ4n) is 3.76. The minimum absolute atomic E-state index is 0.197. The van der Waals surface area contributed by atoms with E-state index in [1.165, 1.54) is 6.92 Å². The molecular formula is C22H23N3O3S. The summed E-state index contributed by atoms with van der Waals surface area (Å²) in [5.41, 5.74) is 3.59. The first-order valence-electron chi connectivity index (χ1n) is 9.47. The van der Waals surface area contributed by atoms with Crippen LogP contribution in [-0.2, 0) is 21.4 Å². The number of anilines is 1. The van der Waals surface area contributed by atoms with E-state index in [4.69, 9.17) is 0 Å². The number of carbonyl (C=O) groups is 1. The van der Waals surface area contributed by atoms with E-state index in [2.05, 4.69) is 9.88 Å². The number of amides is 1. The van der Waals surface area contributed by atoms with Gasteiger partial charge in [0.15, 0.2) is 0 Å². The SMILES string of the molecule is CC(=O)Nc1ccc(S(=O)(=O)N2CCn3cccc3[C@@H]2c2ccc(C)cc2)cc1. The third-order valence-corrected chi connectivity index (χ3v) is 7.05. The van der Waals surface area contributed by atoms with Crippen molar-refractivity contribution < 1.29 is 13.2 Å². The molecule has 0 bridgehead atoms. The number of fused-ring (bicyclic) bond motifs is 1. The Morgan fingerprint density at radius 2 is 1.69 bits per heavy atom. The highest BCUT2D eigenvalue weighted by Crippen LogP contribution is 2.36. The Hall–Kier alpha value is -2.90. The van der Waals surface area contributed by atoms with E-state index >= 15 is 0 Å². The molecule has 29 heavy (non-hydrogen) atoms.